The van der Waals surface area contributed by atoms with Crippen molar-refractivity contribution in [1.82, 2.24) is 4.57 Å². The Bertz CT molecular complexity index is 1110. The lowest BCUT2D eigenvalue weighted by Gasteiger charge is -2.12. The molecule has 0 unspecified atom stereocenters. The highest BCUT2D eigenvalue weighted by molar-refractivity contribution is 6.30. The molecule has 28 heavy (non-hydrogen) atoms. The standard InChI is InChI=1S/C14H12ClNO3.C7H5NO/c1-8-7-9(2)16(13(17)12(8)14(18)19)11-5-3-10(15)4-6-11;8-5-6-3-1-2-4-7(6)9/h3-7H,1-2H3,(H,18,19);1-4,9H. The third-order valence-electron chi connectivity index (χ3n) is 3.91. The predicted octanol–water partition coefficient (Wildman–Crippen LogP) is 4.07. The van der Waals surface area contributed by atoms with E-state index in [9.17, 15) is 9.59 Å². The van der Waals surface area contributed by atoms with E-state index in [0.717, 1.165) is 0 Å². The van der Waals surface area contributed by atoms with Gasteiger partial charge in [0.15, 0.2) is 0 Å². The van der Waals surface area contributed by atoms with E-state index in [1.165, 1.54) is 10.6 Å². The van der Waals surface area contributed by atoms with Gasteiger partial charge >= 0.3 is 5.97 Å². The molecule has 1 heterocycles. The van der Waals surface area contributed by atoms with Crippen LogP contribution >= 0.6 is 11.6 Å². The molecule has 0 bridgehead atoms. The zero-order valence-corrected chi connectivity index (χ0v) is 15.9. The fourth-order valence-corrected chi connectivity index (χ4v) is 2.76. The lowest BCUT2D eigenvalue weighted by atomic mass is 10.1. The van der Waals surface area contributed by atoms with Gasteiger partial charge in [0.1, 0.15) is 17.4 Å². The first-order chi connectivity index (χ1) is 13.3. The smallest absolute Gasteiger partial charge is 0.341 e. The lowest BCUT2D eigenvalue weighted by molar-refractivity contribution is 0.0693. The second-order valence-corrected chi connectivity index (χ2v) is 6.33. The average molecular weight is 397 g/mol. The van der Waals surface area contributed by atoms with Gasteiger partial charge in [0.2, 0.25) is 0 Å². The summed E-state index contributed by atoms with van der Waals surface area (Å²) in [7, 11) is 0. The molecule has 2 aromatic carbocycles. The zero-order valence-electron chi connectivity index (χ0n) is 15.2. The normalized spacial score (nSPS) is 9.79. The van der Waals surface area contributed by atoms with Gasteiger partial charge in [-0.25, -0.2) is 4.79 Å². The maximum atomic E-state index is 12.3. The molecule has 0 aliphatic heterocycles. The van der Waals surface area contributed by atoms with Crippen LogP contribution in [0, 0.1) is 25.2 Å². The van der Waals surface area contributed by atoms with Crippen molar-refractivity contribution in [1.29, 1.82) is 5.26 Å². The van der Waals surface area contributed by atoms with Crippen molar-refractivity contribution < 1.29 is 15.0 Å². The summed E-state index contributed by atoms with van der Waals surface area (Å²) in [4.78, 5) is 23.4. The summed E-state index contributed by atoms with van der Waals surface area (Å²) in [5.41, 5.74) is 1.30. The Morgan fingerprint density at radius 2 is 1.71 bits per heavy atom. The number of benzene rings is 2. The van der Waals surface area contributed by atoms with E-state index in [0.29, 0.717) is 27.5 Å². The van der Waals surface area contributed by atoms with Crippen LogP contribution in [0.15, 0.2) is 59.4 Å². The van der Waals surface area contributed by atoms with E-state index in [4.69, 9.17) is 27.1 Å². The number of nitrogens with zero attached hydrogens (tertiary/aromatic N) is 2. The van der Waals surface area contributed by atoms with Crippen LogP contribution in [0.3, 0.4) is 0 Å². The minimum Gasteiger partial charge on any atom is -0.507 e. The van der Waals surface area contributed by atoms with Crippen molar-refractivity contribution in [2.24, 2.45) is 0 Å². The largest absolute Gasteiger partial charge is 0.507 e. The van der Waals surface area contributed by atoms with Crippen LogP contribution in [0.25, 0.3) is 5.69 Å². The number of nitriles is 1. The molecular weight excluding hydrogens is 380 g/mol. The molecule has 0 fully saturated rings. The van der Waals surface area contributed by atoms with Crippen molar-refractivity contribution >= 4 is 17.6 Å². The summed E-state index contributed by atoms with van der Waals surface area (Å²) in [6.45, 7) is 3.37. The number of carboxylic acids is 1. The summed E-state index contributed by atoms with van der Waals surface area (Å²) in [6, 6.07) is 16.6. The molecule has 0 atom stereocenters. The number of aromatic carboxylic acids is 1. The number of pyridine rings is 1. The average Bonchev–Trinajstić information content (AvgIpc) is 2.63. The van der Waals surface area contributed by atoms with Gasteiger partial charge in [-0.2, -0.15) is 5.26 Å². The first-order valence-corrected chi connectivity index (χ1v) is 8.54. The maximum Gasteiger partial charge on any atom is 0.341 e. The van der Waals surface area contributed by atoms with E-state index in [2.05, 4.69) is 0 Å². The quantitative estimate of drug-likeness (QED) is 0.679. The van der Waals surface area contributed by atoms with E-state index >= 15 is 0 Å². The molecule has 0 radical (unpaired) electrons. The number of aromatic hydroxyl groups is 1. The number of hydrogen-bond acceptors (Lipinski definition) is 4. The molecule has 0 saturated carbocycles. The maximum absolute atomic E-state index is 12.3. The number of carbonyl (C=O) groups is 1. The Hall–Kier alpha value is -3.56. The van der Waals surface area contributed by atoms with Gasteiger partial charge in [0.05, 0.1) is 5.56 Å². The van der Waals surface area contributed by atoms with Gasteiger partial charge in [0.25, 0.3) is 5.56 Å². The predicted molar refractivity (Wildman–Crippen MR) is 106 cm³/mol. The molecule has 0 aliphatic carbocycles. The highest BCUT2D eigenvalue weighted by atomic mass is 35.5. The molecular formula is C21H17ClN2O4. The van der Waals surface area contributed by atoms with Crippen LogP contribution in [0.5, 0.6) is 5.75 Å². The van der Waals surface area contributed by atoms with Gasteiger partial charge in [-0.15, -0.1) is 0 Å². The Labute approximate surface area is 166 Å². The van der Waals surface area contributed by atoms with Gasteiger partial charge in [-0.1, -0.05) is 23.7 Å². The second kappa shape index (κ2) is 8.89. The number of hydrogen-bond donors (Lipinski definition) is 2. The van der Waals surface area contributed by atoms with Crippen molar-refractivity contribution in [2.45, 2.75) is 13.8 Å². The summed E-state index contributed by atoms with van der Waals surface area (Å²) in [6.07, 6.45) is 0. The number of phenolic OH excluding ortho intramolecular Hbond substituents is 1. The number of aromatic nitrogens is 1. The van der Waals surface area contributed by atoms with Gasteiger partial charge in [0, 0.05) is 16.4 Å². The SMILES string of the molecule is Cc1cc(C)n(-c2ccc(Cl)cc2)c(=O)c1C(=O)O.N#Cc1ccccc1O. The summed E-state index contributed by atoms with van der Waals surface area (Å²) >= 11 is 5.80. The molecule has 3 rings (SSSR count). The number of aryl methyl sites for hydroxylation is 2. The third-order valence-corrected chi connectivity index (χ3v) is 4.16. The number of rotatable bonds is 2. The Morgan fingerprint density at radius 3 is 2.21 bits per heavy atom. The van der Waals surface area contributed by atoms with Crippen LogP contribution < -0.4 is 5.56 Å². The highest BCUT2D eigenvalue weighted by Gasteiger charge is 2.17. The van der Waals surface area contributed by atoms with E-state index in [1.54, 1.807) is 62.4 Å². The van der Waals surface area contributed by atoms with Crippen LogP contribution in [-0.4, -0.2) is 20.7 Å². The lowest BCUT2D eigenvalue weighted by Crippen LogP contribution is -2.28. The molecule has 0 amide bonds. The van der Waals surface area contributed by atoms with E-state index in [-0.39, 0.29) is 11.3 Å². The van der Waals surface area contributed by atoms with Crippen molar-refractivity contribution in [3.63, 3.8) is 0 Å². The topological polar surface area (TPSA) is 103 Å². The molecule has 7 heteroatoms. The minimum atomic E-state index is -1.22. The van der Waals surface area contributed by atoms with Crippen LogP contribution in [-0.2, 0) is 0 Å². The fourth-order valence-electron chi connectivity index (χ4n) is 2.63. The third kappa shape index (κ3) is 4.58. The fraction of sp³-hybridized carbons (Fsp3) is 0.0952. The molecule has 0 spiro atoms. The number of halogens is 1. The summed E-state index contributed by atoms with van der Waals surface area (Å²) in [5.74, 6) is -1.18. The van der Waals surface area contributed by atoms with Crippen LogP contribution in [0.2, 0.25) is 5.02 Å². The van der Waals surface area contributed by atoms with Crippen molar-refractivity contribution in [3.8, 4) is 17.5 Å². The number of phenols is 1. The molecule has 142 valence electrons. The first kappa shape index (κ1) is 20.7. The van der Waals surface area contributed by atoms with Gasteiger partial charge in [-0.3, -0.25) is 9.36 Å². The Morgan fingerprint density at radius 1 is 1.11 bits per heavy atom. The number of para-hydroxylation sites is 1. The Balaban J connectivity index is 0.000000261. The monoisotopic (exact) mass is 396 g/mol. The van der Waals surface area contributed by atoms with Crippen LogP contribution in [0.1, 0.15) is 27.2 Å². The second-order valence-electron chi connectivity index (χ2n) is 5.89. The molecule has 2 N–H and O–H groups in total. The van der Waals surface area contributed by atoms with Crippen molar-refractivity contribution in [3.05, 3.63) is 92.4 Å². The van der Waals surface area contributed by atoms with E-state index in [1.807, 2.05) is 6.07 Å². The van der Waals surface area contributed by atoms with E-state index < -0.39 is 11.5 Å². The molecule has 3 aromatic rings. The molecule has 6 nitrogen and oxygen atoms in total. The Kier molecular flexibility index (Phi) is 6.59. The van der Waals surface area contributed by atoms with Gasteiger partial charge < -0.3 is 10.2 Å². The van der Waals surface area contributed by atoms with Crippen LogP contribution in [0.4, 0.5) is 0 Å². The number of carboxylic acid groups (broad SMARTS) is 1. The molecule has 0 aliphatic rings. The highest BCUT2D eigenvalue weighted by Crippen LogP contribution is 2.16. The summed E-state index contributed by atoms with van der Waals surface area (Å²) < 4.78 is 1.37. The first-order valence-electron chi connectivity index (χ1n) is 8.16. The molecule has 0 saturated heterocycles. The minimum absolute atomic E-state index is 0.0417. The van der Waals surface area contributed by atoms with Crippen molar-refractivity contribution in [2.75, 3.05) is 0 Å². The molecule has 1 aromatic heterocycles. The zero-order chi connectivity index (χ0) is 20.8. The van der Waals surface area contributed by atoms with Gasteiger partial charge in [-0.05, 0) is 61.9 Å². The summed E-state index contributed by atoms with van der Waals surface area (Å²) in [5, 5.41) is 26.9.